The predicted octanol–water partition coefficient (Wildman–Crippen LogP) is 4.07. The number of amides is 1. The van der Waals surface area contributed by atoms with Crippen LogP contribution in [0.2, 0.25) is 5.02 Å². The molecular weight excluding hydrogens is 388 g/mol. The number of aryl methyl sites for hydroxylation is 1. The minimum atomic E-state index is -0.229. The number of fused-ring (bicyclic) bond motifs is 1. The molecular formula is C21H19ClN6O. The van der Waals surface area contributed by atoms with Crippen LogP contribution in [0.5, 0.6) is 0 Å². The average Bonchev–Trinajstić information content (AvgIpc) is 3.04. The van der Waals surface area contributed by atoms with Crippen LogP contribution in [0.4, 0.5) is 17.5 Å². The number of hydrogen-bond donors (Lipinski definition) is 3. The zero-order chi connectivity index (χ0) is 20.4. The zero-order valence-corrected chi connectivity index (χ0v) is 16.4. The highest BCUT2D eigenvalue weighted by Crippen LogP contribution is 2.21. The van der Waals surface area contributed by atoms with Crippen molar-refractivity contribution in [2.75, 3.05) is 16.4 Å². The van der Waals surface area contributed by atoms with Crippen LogP contribution in [0.25, 0.3) is 11.0 Å². The van der Waals surface area contributed by atoms with Gasteiger partial charge in [0.05, 0.1) is 16.1 Å². The van der Waals surface area contributed by atoms with E-state index in [4.69, 9.17) is 17.3 Å². The Hall–Kier alpha value is -3.58. The van der Waals surface area contributed by atoms with Crippen molar-refractivity contribution in [2.24, 2.45) is 7.05 Å². The first kappa shape index (κ1) is 18.8. The molecule has 0 radical (unpaired) electrons. The Morgan fingerprint density at radius 1 is 1.14 bits per heavy atom. The van der Waals surface area contributed by atoms with Crippen molar-refractivity contribution in [1.29, 1.82) is 0 Å². The molecule has 2 aromatic carbocycles. The molecule has 0 atom stereocenters. The number of nitrogens with one attached hydrogen (secondary N) is 2. The largest absolute Gasteiger partial charge is 0.399 e. The maximum atomic E-state index is 12.3. The Labute approximate surface area is 172 Å². The quantitative estimate of drug-likeness (QED) is 0.434. The molecule has 4 rings (SSSR count). The molecule has 0 aliphatic rings. The van der Waals surface area contributed by atoms with Crippen molar-refractivity contribution >= 4 is 46.0 Å². The van der Waals surface area contributed by atoms with E-state index in [9.17, 15) is 4.79 Å². The number of imidazole rings is 1. The second-order valence-corrected chi connectivity index (χ2v) is 7.05. The first-order valence-corrected chi connectivity index (χ1v) is 9.35. The maximum absolute atomic E-state index is 12.3. The van der Waals surface area contributed by atoms with E-state index < -0.39 is 0 Å². The van der Waals surface area contributed by atoms with Crippen molar-refractivity contribution < 1.29 is 4.79 Å². The summed E-state index contributed by atoms with van der Waals surface area (Å²) in [5.41, 5.74) is 9.98. The molecule has 146 valence electrons. The Balaban J connectivity index is 1.41. The van der Waals surface area contributed by atoms with Gasteiger partial charge < -0.3 is 20.9 Å². The molecule has 0 aliphatic heterocycles. The van der Waals surface area contributed by atoms with Gasteiger partial charge in [-0.3, -0.25) is 4.79 Å². The summed E-state index contributed by atoms with van der Waals surface area (Å²) in [6, 6.07) is 16.3. The van der Waals surface area contributed by atoms with Crippen LogP contribution in [-0.2, 0) is 13.6 Å². The Morgan fingerprint density at radius 3 is 2.66 bits per heavy atom. The highest BCUT2D eigenvalue weighted by Gasteiger charge is 2.09. The molecule has 0 unspecified atom stereocenters. The summed E-state index contributed by atoms with van der Waals surface area (Å²) >= 11 is 5.80. The number of carbonyl (C=O) groups excluding carboxylic acids is 1. The Bertz CT molecular complexity index is 1170. The highest BCUT2D eigenvalue weighted by molar-refractivity contribution is 6.30. The molecule has 2 heterocycles. The number of nitrogens with two attached hydrogens (primary N) is 1. The molecule has 0 aliphatic carbocycles. The van der Waals surface area contributed by atoms with Crippen LogP contribution in [0.15, 0.2) is 60.8 Å². The van der Waals surface area contributed by atoms with Gasteiger partial charge in [-0.25, -0.2) is 9.97 Å². The third-order valence-corrected chi connectivity index (χ3v) is 4.76. The number of nitrogen functional groups attached to an aromatic ring is 1. The normalized spacial score (nSPS) is 10.8. The van der Waals surface area contributed by atoms with Gasteiger partial charge in [-0.15, -0.1) is 0 Å². The smallest absolute Gasteiger partial charge is 0.256 e. The fraction of sp³-hybridized carbons (Fsp3) is 0.0952. The maximum Gasteiger partial charge on any atom is 0.256 e. The van der Waals surface area contributed by atoms with E-state index in [1.807, 2.05) is 41.9 Å². The molecule has 1 amide bonds. The lowest BCUT2D eigenvalue weighted by molar-refractivity contribution is 0.102. The Morgan fingerprint density at radius 2 is 1.93 bits per heavy atom. The fourth-order valence-electron chi connectivity index (χ4n) is 2.96. The third-order valence-electron chi connectivity index (χ3n) is 4.54. The van der Waals surface area contributed by atoms with Crippen LogP contribution in [0.1, 0.15) is 15.9 Å². The number of carbonyl (C=O) groups is 1. The number of hydrogen-bond acceptors (Lipinski definition) is 5. The van der Waals surface area contributed by atoms with Crippen LogP contribution in [0.3, 0.4) is 0 Å². The van der Waals surface area contributed by atoms with Gasteiger partial charge in [0.15, 0.2) is 0 Å². The van der Waals surface area contributed by atoms with Crippen molar-refractivity contribution in [3.63, 3.8) is 0 Å². The summed E-state index contributed by atoms with van der Waals surface area (Å²) in [4.78, 5) is 21.0. The topological polar surface area (TPSA) is 97.9 Å². The lowest BCUT2D eigenvalue weighted by atomic mass is 10.1. The molecule has 8 heteroatoms. The number of rotatable bonds is 5. The van der Waals surface area contributed by atoms with E-state index in [1.165, 1.54) is 6.20 Å². The van der Waals surface area contributed by atoms with E-state index in [0.717, 1.165) is 22.5 Å². The number of nitrogens with zero attached hydrogens (tertiary/aromatic N) is 3. The second-order valence-electron chi connectivity index (χ2n) is 6.61. The van der Waals surface area contributed by atoms with E-state index in [0.29, 0.717) is 28.6 Å². The molecule has 7 nitrogen and oxygen atoms in total. The van der Waals surface area contributed by atoms with Crippen LogP contribution in [0, 0.1) is 0 Å². The minimum Gasteiger partial charge on any atom is -0.399 e. The number of pyridine rings is 1. The number of benzene rings is 2. The lowest BCUT2D eigenvalue weighted by Crippen LogP contribution is -2.13. The first-order valence-electron chi connectivity index (χ1n) is 8.97. The summed E-state index contributed by atoms with van der Waals surface area (Å²) in [6.07, 6.45) is 1.49. The molecule has 0 spiro atoms. The molecule has 0 saturated carbocycles. The van der Waals surface area contributed by atoms with Crippen molar-refractivity contribution in [3.8, 4) is 0 Å². The third kappa shape index (κ3) is 4.14. The molecule has 0 fully saturated rings. The van der Waals surface area contributed by atoms with Gasteiger partial charge >= 0.3 is 0 Å². The van der Waals surface area contributed by atoms with Gasteiger partial charge in [0.2, 0.25) is 5.95 Å². The lowest BCUT2D eigenvalue weighted by Gasteiger charge is -2.08. The predicted molar refractivity (Wildman–Crippen MR) is 116 cm³/mol. The number of halogens is 1. The number of aromatic nitrogens is 3. The fourth-order valence-corrected chi connectivity index (χ4v) is 3.07. The summed E-state index contributed by atoms with van der Waals surface area (Å²) in [6.45, 7) is 0.577. The monoisotopic (exact) mass is 406 g/mol. The first-order chi connectivity index (χ1) is 14.0. The Kier molecular flexibility index (Phi) is 5.05. The van der Waals surface area contributed by atoms with E-state index in [-0.39, 0.29) is 5.91 Å². The molecule has 4 aromatic rings. The van der Waals surface area contributed by atoms with E-state index in [1.54, 1.807) is 24.3 Å². The van der Waals surface area contributed by atoms with Gasteiger partial charge in [-0.1, -0.05) is 23.7 Å². The minimum absolute atomic E-state index is 0.229. The second kappa shape index (κ2) is 7.81. The summed E-state index contributed by atoms with van der Waals surface area (Å²) in [5.74, 6) is 0.973. The summed E-state index contributed by atoms with van der Waals surface area (Å²) < 4.78 is 1.96. The zero-order valence-electron chi connectivity index (χ0n) is 15.7. The van der Waals surface area contributed by atoms with Crippen LogP contribution in [-0.4, -0.2) is 20.4 Å². The van der Waals surface area contributed by atoms with Gasteiger partial charge in [0, 0.05) is 31.0 Å². The molecule has 2 aromatic heterocycles. The van der Waals surface area contributed by atoms with Crippen LogP contribution >= 0.6 is 11.6 Å². The van der Waals surface area contributed by atoms with E-state index >= 15 is 0 Å². The van der Waals surface area contributed by atoms with Crippen molar-refractivity contribution in [1.82, 2.24) is 14.5 Å². The van der Waals surface area contributed by atoms with E-state index in [2.05, 4.69) is 20.6 Å². The van der Waals surface area contributed by atoms with Crippen LogP contribution < -0.4 is 16.4 Å². The summed E-state index contributed by atoms with van der Waals surface area (Å²) in [5, 5.41) is 6.58. The van der Waals surface area contributed by atoms with Gasteiger partial charge in [0.25, 0.3) is 5.91 Å². The van der Waals surface area contributed by atoms with Gasteiger partial charge in [-0.2, -0.15) is 0 Å². The number of anilines is 3. The van der Waals surface area contributed by atoms with Crippen molar-refractivity contribution in [2.45, 2.75) is 6.54 Å². The molecule has 4 N–H and O–H groups in total. The molecule has 0 bridgehead atoms. The average molecular weight is 407 g/mol. The summed E-state index contributed by atoms with van der Waals surface area (Å²) in [7, 11) is 1.94. The van der Waals surface area contributed by atoms with Gasteiger partial charge in [0.1, 0.15) is 5.82 Å². The van der Waals surface area contributed by atoms with Gasteiger partial charge in [-0.05, 0) is 48.0 Å². The SMILES string of the molecule is Cn1c(NCc2ccc(C(=O)Nc3ccc(Cl)cn3)cc2)nc2ccc(N)cc21. The molecule has 0 saturated heterocycles. The highest BCUT2D eigenvalue weighted by atomic mass is 35.5. The van der Waals surface area contributed by atoms with Crippen molar-refractivity contribution in [3.05, 3.63) is 76.9 Å². The molecule has 29 heavy (non-hydrogen) atoms. The standard InChI is InChI=1S/C21H19ClN6O/c1-28-18-10-16(23)7-8-17(18)26-21(28)25-11-13-2-4-14(5-3-13)20(29)27-19-9-6-15(22)12-24-19/h2-10,12H,11,23H2,1H3,(H,25,26)(H,24,27,29).